The molecule has 0 aliphatic carbocycles. The van der Waals surface area contributed by atoms with E-state index >= 15 is 0 Å². The summed E-state index contributed by atoms with van der Waals surface area (Å²) >= 11 is 5.84. The number of nitrogens with zero attached hydrogens (tertiary/aromatic N) is 1. The molecule has 1 saturated heterocycles. The summed E-state index contributed by atoms with van der Waals surface area (Å²) in [5.41, 5.74) is 1.07. The van der Waals surface area contributed by atoms with Crippen molar-refractivity contribution in [3.05, 3.63) is 28.8 Å². The first-order valence-electron chi connectivity index (χ1n) is 5.77. The van der Waals surface area contributed by atoms with E-state index < -0.39 is 5.97 Å². The summed E-state index contributed by atoms with van der Waals surface area (Å²) in [6, 6.07) is 5.07. The molecule has 0 aromatic heterocycles. The second-order valence-corrected chi connectivity index (χ2v) is 5.26. The van der Waals surface area contributed by atoms with Crippen LogP contribution in [-0.2, 0) is 0 Å². The van der Waals surface area contributed by atoms with Crippen LogP contribution in [-0.4, -0.2) is 24.2 Å². The van der Waals surface area contributed by atoms with E-state index in [-0.39, 0.29) is 0 Å². The van der Waals surface area contributed by atoms with Crippen molar-refractivity contribution in [3.63, 3.8) is 0 Å². The van der Waals surface area contributed by atoms with Gasteiger partial charge in [0.2, 0.25) is 0 Å². The van der Waals surface area contributed by atoms with Crippen LogP contribution >= 0.6 is 11.6 Å². The number of aromatic carboxylic acids is 1. The topological polar surface area (TPSA) is 40.5 Å². The van der Waals surface area contributed by atoms with Gasteiger partial charge in [0, 0.05) is 18.1 Å². The Morgan fingerprint density at radius 2 is 1.94 bits per heavy atom. The lowest BCUT2D eigenvalue weighted by Crippen LogP contribution is -2.22. The van der Waals surface area contributed by atoms with Crippen LogP contribution in [0.2, 0.25) is 5.02 Å². The third-order valence-electron chi connectivity index (χ3n) is 3.52. The molecule has 1 N–H and O–H groups in total. The number of benzene rings is 1. The van der Waals surface area contributed by atoms with Crippen LogP contribution in [0.25, 0.3) is 0 Å². The van der Waals surface area contributed by atoms with E-state index in [1.54, 1.807) is 12.1 Å². The fourth-order valence-corrected chi connectivity index (χ4v) is 2.45. The molecular weight excluding hydrogens is 238 g/mol. The highest BCUT2D eigenvalue weighted by Crippen LogP contribution is 2.31. The Balaban J connectivity index is 2.36. The number of carboxylic acids is 1. The van der Waals surface area contributed by atoms with Gasteiger partial charge < -0.3 is 10.0 Å². The van der Waals surface area contributed by atoms with Crippen LogP contribution in [0, 0.1) is 11.8 Å². The smallest absolute Gasteiger partial charge is 0.337 e. The van der Waals surface area contributed by atoms with Crippen molar-refractivity contribution in [2.75, 3.05) is 18.0 Å². The maximum atomic E-state index is 11.2. The standard InChI is InChI=1S/C13H16ClNO2/c1-8-6-15(7-9(8)2)12-4-3-10(14)5-11(12)13(16)17/h3-5,8-9H,6-7H2,1-2H3,(H,16,17). The predicted octanol–water partition coefficient (Wildman–Crippen LogP) is 3.13. The number of rotatable bonds is 2. The molecule has 1 aromatic rings. The molecular formula is C13H16ClNO2. The Kier molecular flexibility index (Phi) is 3.29. The van der Waals surface area contributed by atoms with Crippen molar-refractivity contribution in [3.8, 4) is 0 Å². The van der Waals surface area contributed by atoms with Gasteiger partial charge in [-0.3, -0.25) is 0 Å². The highest BCUT2D eigenvalue weighted by molar-refractivity contribution is 6.31. The number of hydrogen-bond donors (Lipinski definition) is 1. The fourth-order valence-electron chi connectivity index (χ4n) is 2.28. The molecule has 4 heteroatoms. The Morgan fingerprint density at radius 1 is 1.35 bits per heavy atom. The first-order chi connectivity index (χ1) is 7.99. The Hall–Kier alpha value is -1.22. The molecule has 0 amide bonds. The molecule has 92 valence electrons. The first kappa shape index (κ1) is 12.2. The zero-order chi connectivity index (χ0) is 12.6. The van der Waals surface area contributed by atoms with Gasteiger partial charge in [-0.2, -0.15) is 0 Å². The number of anilines is 1. The third kappa shape index (κ3) is 2.39. The molecule has 1 aliphatic heterocycles. The molecule has 3 nitrogen and oxygen atoms in total. The molecule has 0 bridgehead atoms. The van der Waals surface area contributed by atoms with Gasteiger partial charge in [-0.05, 0) is 30.0 Å². The van der Waals surface area contributed by atoms with Crippen LogP contribution in [0.15, 0.2) is 18.2 Å². The first-order valence-corrected chi connectivity index (χ1v) is 6.14. The lowest BCUT2D eigenvalue weighted by molar-refractivity contribution is 0.0697. The predicted molar refractivity (Wildman–Crippen MR) is 69.0 cm³/mol. The summed E-state index contributed by atoms with van der Waals surface area (Å²) in [4.78, 5) is 13.3. The summed E-state index contributed by atoms with van der Waals surface area (Å²) < 4.78 is 0. The third-order valence-corrected chi connectivity index (χ3v) is 3.75. The number of carbonyl (C=O) groups is 1. The number of hydrogen-bond acceptors (Lipinski definition) is 2. The largest absolute Gasteiger partial charge is 0.478 e. The van der Waals surface area contributed by atoms with Crippen molar-refractivity contribution < 1.29 is 9.90 Å². The van der Waals surface area contributed by atoms with Gasteiger partial charge in [0.15, 0.2) is 0 Å². The summed E-state index contributed by atoms with van der Waals surface area (Å²) in [5, 5.41) is 9.66. The number of carboxylic acid groups (broad SMARTS) is 1. The van der Waals surface area contributed by atoms with Crippen LogP contribution < -0.4 is 4.90 Å². The minimum atomic E-state index is -0.922. The van der Waals surface area contributed by atoms with Crippen molar-refractivity contribution in [2.24, 2.45) is 11.8 Å². The van der Waals surface area contributed by atoms with E-state index in [2.05, 4.69) is 18.7 Å². The van der Waals surface area contributed by atoms with E-state index in [1.165, 1.54) is 6.07 Å². The monoisotopic (exact) mass is 253 g/mol. The van der Waals surface area contributed by atoms with Gasteiger partial charge >= 0.3 is 5.97 Å². The van der Waals surface area contributed by atoms with E-state index in [1.807, 2.05) is 0 Å². The van der Waals surface area contributed by atoms with Crippen molar-refractivity contribution in [2.45, 2.75) is 13.8 Å². The van der Waals surface area contributed by atoms with Crippen LogP contribution in [0.4, 0.5) is 5.69 Å². The van der Waals surface area contributed by atoms with E-state index in [9.17, 15) is 9.90 Å². The average molecular weight is 254 g/mol. The van der Waals surface area contributed by atoms with E-state index in [0.29, 0.717) is 22.4 Å². The van der Waals surface area contributed by atoms with Crippen LogP contribution in [0.1, 0.15) is 24.2 Å². The Labute approximate surface area is 106 Å². The maximum absolute atomic E-state index is 11.2. The second-order valence-electron chi connectivity index (χ2n) is 4.83. The molecule has 1 heterocycles. The summed E-state index contributed by atoms with van der Waals surface area (Å²) in [7, 11) is 0. The Bertz CT molecular complexity index is 437. The molecule has 0 spiro atoms. The molecule has 2 rings (SSSR count). The van der Waals surface area contributed by atoms with Gasteiger partial charge in [0.25, 0.3) is 0 Å². The summed E-state index contributed by atoms with van der Waals surface area (Å²) in [5.74, 6) is 0.259. The van der Waals surface area contributed by atoms with Crippen molar-refractivity contribution in [1.82, 2.24) is 0 Å². The summed E-state index contributed by atoms with van der Waals surface area (Å²) in [6.07, 6.45) is 0. The molecule has 1 aliphatic rings. The normalized spacial score (nSPS) is 24.1. The van der Waals surface area contributed by atoms with Gasteiger partial charge in [0.05, 0.1) is 11.3 Å². The molecule has 17 heavy (non-hydrogen) atoms. The molecule has 2 unspecified atom stereocenters. The second kappa shape index (κ2) is 4.57. The lowest BCUT2D eigenvalue weighted by Gasteiger charge is -2.20. The van der Waals surface area contributed by atoms with Gasteiger partial charge in [-0.15, -0.1) is 0 Å². The van der Waals surface area contributed by atoms with Crippen molar-refractivity contribution >= 4 is 23.3 Å². The maximum Gasteiger partial charge on any atom is 0.337 e. The average Bonchev–Trinajstić information content (AvgIpc) is 2.59. The zero-order valence-electron chi connectivity index (χ0n) is 9.98. The minimum absolute atomic E-state index is 0.291. The molecule has 2 atom stereocenters. The number of halogens is 1. The molecule has 0 saturated carbocycles. The SMILES string of the molecule is CC1CN(c2ccc(Cl)cc2C(=O)O)CC1C. The summed E-state index contributed by atoms with van der Waals surface area (Å²) in [6.45, 7) is 6.20. The Morgan fingerprint density at radius 3 is 2.47 bits per heavy atom. The van der Waals surface area contributed by atoms with Gasteiger partial charge in [-0.1, -0.05) is 25.4 Å². The molecule has 1 fully saturated rings. The zero-order valence-corrected chi connectivity index (χ0v) is 10.7. The van der Waals surface area contributed by atoms with E-state index in [0.717, 1.165) is 18.8 Å². The molecule has 0 radical (unpaired) electrons. The highest BCUT2D eigenvalue weighted by Gasteiger charge is 2.28. The van der Waals surface area contributed by atoms with Gasteiger partial charge in [-0.25, -0.2) is 4.79 Å². The van der Waals surface area contributed by atoms with Gasteiger partial charge in [0.1, 0.15) is 0 Å². The minimum Gasteiger partial charge on any atom is -0.478 e. The van der Waals surface area contributed by atoms with Crippen molar-refractivity contribution in [1.29, 1.82) is 0 Å². The lowest BCUT2D eigenvalue weighted by atomic mass is 10.0. The molecule has 1 aromatic carbocycles. The van der Waals surface area contributed by atoms with Crippen LogP contribution in [0.3, 0.4) is 0 Å². The van der Waals surface area contributed by atoms with Crippen LogP contribution in [0.5, 0.6) is 0 Å². The van der Waals surface area contributed by atoms with E-state index in [4.69, 9.17) is 11.6 Å². The quantitative estimate of drug-likeness (QED) is 0.880. The fraction of sp³-hybridized carbons (Fsp3) is 0.462. The highest BCUT2D eigenvalue weighted by atomic mass is 35.5.